The Morgan fingerprint density at radius 1 is 1.44 bits per heavy atom. The van der Waals surface area contributed by atoms with Crippen LogP contribution in [0.4, 0.5) is 18.9 Å². The van der Waals surface area contributed by atoms with Gasteiger partial charge in [-0.1, -0.05) is 15.9 Å². The van der Waals surface area contributed by atoms with Crippen molar-refractivity contribution in [1.29, 1.82) is 0 Å². The molecule has 0 spiro atoms. The van der Waals surface area contributed by atoms with Gasteiger partial charge in [-0.2, -0.15) is 13.2 Å². The van der Waals surface area contributed by atoms with Crippen molar-refractivity contribution in [3.05, 3.63) is 37.8 Å². The van der Waals surface area contributed by atoms with E-state index in [9.17, 15) is 23.3 Å². The number of aliphatic hydroxyl groups excluding tert-OH is 1. The number of halogens is 4. The van der Waals surface area contributed by atoms with Gasteiger partial charge >= 0.3 is 6.18 Å². The van der Waals surface area contributed by atoms with Gasteiger partial charge in [-0.3, -0.25) is 10.1 Å². The minimum Gasteiger partial charge on any atom is -0.392 e. The predicted octanol–water partition coefficient (Wildman–Crippen LogP) is 2.87. The van der Waals surface area contributed by atoms with Crippen LogP contribution >= 0.6 is 15.9 Å². The third-order valence-corrected chi connectivity index (χ3v) is 2.58. The van der Waals surface area contributed by atoms with E-state index in [0.29, 0.717) is 6.07 Å². The first-order valence-corrected chi connectivity index (χ1v) is 4.71. The third-order valence-electron chi connectivity index (χ3n) is 1.84. The molecule has 0 aliphatic rings. The van der Waals surface area contributed by atoms with E-state index in [-0.39, 0.29) is 10.0 Å². The molecule has 0 fully saturated rings. The molecule has 0 bridgehead atoms. The van der Waals surface area contributed by atoms with Gasteiger partial charge < -0.3 is 5.11 Å². The van der Waals surface area contributed by atoms with Crippen LogP contribution in [0.2, 0.25) is 0 Å². The Labute approximate surface area is 96.0 Å². The van der Waals surface area contributed by atoms with E-state index >= 15 is 0 Å². The fraction of sp³-hybridized carbons (Fsp3) is 0.250. The molecule has 8 heteroatoms. The molecule has 0 unspecified atom stereocenters. The van der Waals surface area contributed by atoms with E-state index in [0.717, 1.165) is 6.07 Å². The monoisotopic (exact) mass is 299 g/mol. The highest BCUT2D eigenvalue weighted by atomic mass is 79.9. The van der Waals surface area contributed by atoms with Crippen molar-refractivity contribution in [2.45, 2.75) is 12.8 Å². The molecule has 0 heterocycles. The normalized spacial score (nSPS) is 11.6. The topological polar surface area (TPSA) is 63.4 Å². The average molecular weight is 300 g/mol. The lowest BCUT2D eigenvalue weighted by Crippen LogP contribution is -2.10. The van der Waals surface area contributed by atoms with Gasteiger partial charge in [-0.15, -0.1) is 0 Å². The highest BCUT2D eigenvalue weighted by molar-refractivity contribution is 9.10. The van der Waals surface area contributed by atoms with E-state index in [1.54, 1.807) is 0 Å². The van der Waals surface area contributed by atoms with E-state index in [4.69, 9.17) is 5.11 Å². The summed E-state index contributed by atoms with van der Waals surface area (Å²) in [4.78, 5) is 9.33. The predicted molar refractivity (Wildman–Crippen MR) is 51.7 cm³/mol. The van der Waals surface area contributed by atoms with Crippen molar-refractivity contribution in [1.82, 2.24) is 0 Å². The fourth-order valence-electron chi connectivity index (χ4n) is 1.11. The lowest BCUT2D eigenvalue weighted by Gasteiger charge is -2.10. The lowest BCUT2D eigenvalue weighted by molar-refractivity contribution is -0.388. The SMILES string of the molecule is O=[N+]([O-])c1cc(Br)c(CO)cc1C(F)(F)F. The van der Waals surface area contributed by atoms with Gasteiger partial charge in [-0.25, -0.2) is 0 Å². The Hall–Kier alpha value is -1.15. The molecule has 0 aliphatic heterocycles. The number of alkyl halides is 3. The van der Waals surface area contributed by atoms with Crippen LogP contribution in [0, 0.1) is 10.1 Å². The molecule has 1 aromatic carbocycles. The quantitative estimate of drug-likeness (QED) is 0.674. The highest BCUT2D eigenvalue weighted by Gasteiger charge is 2.38. The molecule has 0 radical (unpaired) electrons. The molecule has 0 saturated heterocycles. The molecule has 4 nitrogen and oxygen atoms in total. The summed E-state index contributed by atoms with van der Waals surface area (Å²) in [6, 6.07) is 1.29. The first-order chi connectivity index (χ1) is 7.27. The van der Waals surface area contributed by atoms with Gasteiger partial charge in [0, 0.05) is 10.5 Å². The van der Waals surface area contributed by atoms with Crippen molar-refractivity contribution in [3.63, 3.8) is 0 Å². The number of aliphatic hydroxyl groups is 1. The van der Waals surface area contributed by atoms with Crippen LogP contribution in [0.3, 0.4) is 0 Å². The van der Waals surface area contributed by atoms with Crippen LogP contribution in [-0.2, 0) is 12.8 Å². The Bertz CT molecular complexity index is 433. The van der Waals surface area contributed by atoms with Crippen LogP contribution in [0.15, 0.2) is 16.6 Å². The molecule has 16 heavy (non-hydrogen) atoms. The lowest BCUT2D eigenvalue weighted by atomic mass is 10.1. The number of nitro groups is 1. The van der Waals surface area contributed by atoms with Gasteiger partial charge in [0.15, 0.2) is 0 Å². The van der Waals surface area contributed by atoms with Gasteiger partial charge in [0.1, 0.15) is 5.56 Å². The van der Waals surface area contributed by atoms with Crippen LogP contribution in [-0.4, -0.2) is 10.0 Å². The van der Waals surface area contributed by atoms with Gasteiger partial charge in [0.05, 0.1) is 11.5 Å². The Balaban J connectivity index is 3.49. The first-order valence-electron chi connectivity index (χ1n) is 3.92. The van der Waals surface area contributed by atoms with Gasteiger partial charge in [0.25, 0.3) is 5.69 Å². The second-order valence-corrected chi connectivity index (χ2v) is 3.73. The molecule has 1 rings (SSSR count). The van der Waals surface area contributed by atoms with Crippen molar-refractivity contribution < 1.29 is 23.2 Å². The van der Waals surface area contributed by atoms with Crippen molar-refractivity contribution >= 4 is 21.6 Å². The number of nitrogens with zero attached hydrogens (tertiary/aromatic N) is 1. The summed E-state index contributed by atoms with van der Waals surface area (Å²) < 4.78 is 37.4. The summed E-state index contributed by atoms with van der Waals surface area (Å²) in [7, 11) is 0. The minimum atomic E-state index is -4.83. The summed E-state index contributed by atoms with van der Waals surface area (Å²) in [6.07, 6.45) is -4.83. The number of hydrogen-bond donors (Lipinski definition) is 1. The fourth-order valence-corrected chi connectivity index (χ4v) is 1.56. The Kier molecular flexibility index (Phi) is 3.54. The molecule has 0 aromatic heterocycles. The molecular formula is C8H5BrF3NO3. The molecular weight excluding hydrogens is 295 g/mol. The maximum Gasteiger partial charge on any atom is 0.423 e. The smallest absolute Gasteiger partial charge is 0.392 e. The van der Waals surface area contributed by atoms with Crippen molar-refractivity contribution in [2.75, 3.05) is 0 Å². The van der Waals surface area contributed by atoms with Crippen molar-refractivity contribution in [3.8, 4) is 0 Å². The summed E-state index contributed by atoms with van der Waals surface area (Å²) in [5.41, 5.74) is -2.47. The first kappa shape index (κ1) is 12.9. The van der Waals surface area contributed by atoms with E-state index in [1.807, 2.05) is 0 Å². The largest absolute Gasteiger partial charge is 0.423 e. The number of benzene rings is 1. The van der Waals surface area contributed by atoms with Crippen LogP contribution < -0.4 is 0 Å². The van der Waals surface area contributed by atoms with Crippen molar-refractivity contribution in [2.24, 2.45) is 0 Å². The van der Waals surface area contributed by atoms with E-state index in [2.05, 4.69) is 15.9 Å². The third kappa shape index (κ3) is 2.50. The second kappa shape index (κ2) is 4.38. The molecule has 0 amide bonds. The van der Waals surface area contributed by atoms with Crippen LogP contribution in [0.25, 0.3) is 0 Å². The Morgan fingerprint density at radius 2 is 2.00 bits per heavy atom. The number of nitro benzene ring substituents is 1. The molecule has 0 aliphatic carbocycles. The minimum absolute atomic E-state index is 0.0575. The van der Waals surface area contributed by atoms with E-state index in [1.165, 1.54) is 0 Å². The highest BCUT2D eigenvalue weighted by Crippen LogP contribution is 2.38. The zero-order chi connectivity index (χ0) is 12.5. The number of hydrogen-bond acceptors (Lipinski definition) is 3. The van der Waals surface area contributed by atoms with Crippen LogP contribution in [0.1, 0.15) is 11.1 Å². The zero-order valence-corrected chi connectivity index (χ0v) is 9.17. The molecule has 0 atom stereocenters. The molecule has 1 N–H and O–H groups in total. The standard InChI is InChI=1S/C8H5BrF3NO3/c9-6-2-7(13(15)16)5(8(10,11)12)1-4(6)3-14/h1-2,14H,3H2. The maximum absolute atomic E-state index is 12.5. The maximum atomic E-state index is 12.5. The zero-order valence-electron chi connectivity index (χ0n) is 7.58. The summed E-state index contributed by atoms with van der Waals surface area (Å²) in [6.45, 7) is -0.637. The Morgan fingerprint density at radius 3 is 2.38 bits per heavy atom. The summed E-state index contributed by atoms with van der Waals surface area (Å²) >= 11 is 2.84. The molecule has 88 valence electrons. The van der Waals surface area contributed by atoms with E-state index < -0.39 is 29.0 Å². The summed E-state index contributed by atoms with van der Waals surface area (Å²) in [5.74, 6) is 0. The number of rotatable bonds is 2. The van der Waals surface area contributed by atoms with Gasteiger partial charge in [0.2, 0.25) is 0 Å². The van der Waals surface area contributed by atoms with Crippen LogP contribution in [0.5, 0.6) is 0 Å². The van der Waals surface area contributed by atoms with Gasteiger partial charge in [-0.05, 0) is 11.6 Å². The molecule has 1 aromatic rings. The summed E-state index contributed by atoms with van der Waals surface area (Å²) in [5, 5.41) is 19.2. The average Bonchev–Trinajstić information content (AvgIpc) is 2.15. The molecule has 0 saturated carbocycles. The second-order valence-electron chi connectivity index (χ2n) is 2.87.